The van der Waals surface area contributed by atoms with Gasteiger partial charge in [-0.3, -0.25) is 4.79 Å². The van der Waals surface area contributed by atoms with Crippen molar-refractivity contribution in [3.05, 3.63) is 35.9 Å². The second kappa shape index (κ2) is 5.15. The van der Waals surface area contributed by atoms with Gasteiger partial charge in [0.05, 0.1) is 12.5 Å². The van der Waals surface area contributed by atoms with Gasteiger partial charge in [0.1, 0.15) is 0 Å². The second-order valence-corrected chi connectivity index (χ2v) is 4.34. The van der Waals surface area contributed by atoms with Gasteiger partial charge in [-0.1, -0.05) is 51.1 Å². The summed E-state index contributed by atoms with van der Waals surface area (Å²) in [5.74, 6) is 0.0727. The van der Waals surface area contributed by atoms with Crippen molar-refractivity contribution in [2.24, 2.45) is 5.92 Å². The molecule has 1 aromatic carbocycles. The first-order chi connectivity index (χ1) is 7.59. The van der Waals surface area contributed by atoms with Gasteiger partial charge in [-0.05, 0) is 17.9 Å². The van der Waals surface area contributed by atoms with E-state index >= 15 is 0 Å². The molecule has 0 radical (unpaired) electrons. The van der Waals surface area contributed by atoms with Crippen LogP contribution in [0.3, 0.4) is 0 Å². The number of ether oxygens (including phenoxy) is 1. The molecule has 0 saturated heterocycles. The van der Waals surface area contributed by atoms with Gasteiger partial charge >= 0.3 is 5.97 Å². The summed E-state index contributed by atoms with van der Waals surface area (Å²) in [5.41, 5.74) is 0.523. The third-order valence-electron chi connectivity index (χ3n) is 3.38. The Kier molecular flexibility index (Phi) is 4.11. The number of rotatable bonds is 4. The maximum Gasteiger partial charge on any atom is 0.316 e. The molecule has 88 valence electrons. The molecule has 0 N–H and O–H groups in total. The normalized spacial score (nSPS) is 14.6. The molecule has 0 spiro atoms. The van der Waals surface area contributed by atoms with Crippen LogP contribution < -0.4 is 0 Å². The lowest BCUT2D eigenvalue weighted by atomic mass is 9.70. The zero-order valence-electron chi connectivity index (χ0n) is 10.5. The van der Waals surface area contributed by atoms with Crippen molar-refractivity contribution in [1.29, 1.82) is 0 Å². The fourth-order valence-corrected chi connectivity index (χ4v) is 2.36. The van der Waals surface area contributed by atoms with E-state index in [4.69, 9.17) is 4.74 Å². The summed E-state index contributed by atoms with van der Waals surface area (Å²) < 4.78 is 4.98. The molecule has 1 aromatic rings. The van der Waals surface area contributed by atoms with Crippen LogP contribution in [0.2, 0.25) is 0 Å². The van der Waals surface area contributed by atoms with Crippen LogP contribution in [-0.4, -0.2) is 13.1 Å². The van der Waals surface area contributed by atoms with Gasteiger partial charge in [-0.15, -0.1) is 0 Å². The summed E-state index contributed by atoms with van der Waals surface area (Å²) >= 11 is 0. The molecule has 0 heterocycles. The molecule has 1 unspecified atom stereocenters. The van der Waals surface area contributed by atoms with Gasteiger partial charge in [0.2, 0.25) is 0 Å². The minimum Gasteiger partial charge on any atom is -0.468 e. The molecule has 2 nitrogen and oxygen atoms in total. The molecule has 0 aliphatic carbocycles. The Hall–Kier alpha value is -1.31. The van der Waals surface area contributed by atoms with Crippen molar-refractivity contribution in [2.75, 3.05) is 7.11 Å². The first-order valence-electron chi connectivity index (χ1n) is 5.73. The molecule has 0 aliphatic heterocycles. The minimum absolute atomic E-state index is 0.142. The topological polar surface area (TPSA) is 26.3 Å². The van der Waals surface area contributed by atoms with Gasteiger partial charge in [0, 0.05) is 0 Å². The fourth-order valence-electron chi connectivity index (χ4n) is 2.36. The van der Waals surface area contributed by atoms with E-state index in [-0.39, 0.29) is 11.9 Å². The van der Waals surface area contributed by atoms with Crippen LogP contribution in [0.25, 0.3) is 0 Å². The quantitative estimate of drug-likeness (QED) is 0.728. The van der Waals surface area contributed by atoms with Gasteiger partial charge < -0.3 is 4.74 Å². The van der Waals surface area contributed by atoms with E-state index in [1.165, 1.54) is 7.11 Å². The third kappa shape index (κ3) is 1.97. The van der Waals surface area contributed by atoms with Gasteiger partial charge in [0.15, 0.2) is 0 Å². The third-order valence-corrected chi connectivity index (χ3v) is 3.38. The lowest BCUT2D eigenvalue weighted by Crippen LogP contribution is -2.41. The number of carbonyl (C=O) groups excluding carboxylic acids is 1. The first kappa shape index (κ1) is 12.8. The number of hydrogen-bond acceptors (Lipinski definition) is 2. The molecule has 0 aliphatic rings. The Balaban J connectivity index is 3.29. The lowest BCUT2D eigenvalue weighted by Gasteiger charge is -2.34. The van der Waals surface area contributed by atoms with Crippen LogP contribution in [0, 0.1) is 5.92 Å². The molecular formula is C14H20O2. The lowest BCUT2D eigenvalue weighted by molar-refractivity contribution is -0.149. The van der Waals surface area contributed by atoms with Crippen molar-refractivity contribution >= 4 is 5.97 Å². The van der Waals surface area contributed by atoms with Crippen molar-refractivity contribution in [1.82, 2.24) is 0 Å². The van der Waals surface area contributed by atoms with E-state index in [9.17, 15) is 4.79 Å². The van der Waals surface area contributed by atoms with Gasteiger partial charge in [-0.25, -0.2) is 0 Å². The Morgan fingerprint density at radius 1 is 1.31 bits per heavy atom. The molecule has 1 atom stereocenters. The Labute approximate surface area is 97.6 Å². The largest absolute Gasteiger partial charge is 0.468 e. The van der Waals surface area contributed by atoms with E-state index in [1.54, 1.807) is 0 Å². The maximum atomic E-state index is 12.1. The Morgan fingerprint density at radius 2 is 1.88 bits per heavy atom. The van der Waals surface area contributed by atoms with Crippen molar-refractivity contribution in [3.63, 3.8) is 0 Å². The number of methoxy groups -OCH3 is 1. The smallest absolute Gasteiger partial charge is 0.316 e. The molecule has 16 heavy (non-hydrogen) atoms. The van der Waals surface area contributed by atoms with E-state index in [2.05, 4.69) is 13.8 Å². The highest BCUT2D eigenvalue weighted by Gasteiger charge is 2.42. The molecule has 0 bridgehead atoms. The number of esters is 1. The number of hydrogen-bond donors (Lipinski definition) is 0. The highest BCUT2D eigenvalue weighted by molar-refractivity contribution is 5.83. The predicted molar refractivity (Wildman–Crippen MR) is 65.3 cm³/mol. The van der Waals surface area contributed by atoms with Gasteiger partial charge in [0.25, 0.3) is 0 Å². The van der Waals surface area contributed by atoms with Crippen molar-refractivity contribution < 1.29 is 9.53 Å². The summed E-state index contributed by atoms with van der Waals surface area (Å²) in [5, 5.41) is 0. The number of carbonyl (C=O) groups is 1. The van der Waals surface area contributed by atoms with Crippen LogP contribution in [0.4, 0.5) is 0 Å². The van der Waals surface area contributed by atoms with Crippen LogP contribution in [0.15, 0.2) is 30.3 Å². The first-order valence-corrected chi connectivity index (χ1v) is 5.73. The molecule has 0 saturated carbocycles. The zero-order chi connectivity index (χ0) is 12.2. The van der Waals surface area contributed by atoms with Crippen LogP contribution in [0.5, 0.6) is 0 Å². The molecular weight excluding hydrogens is 200 g/mol. The monoisotopic (exact) mass is 220 g/mol. The van der Waals surface area contributed by atoms with Crippen molar-refractivity contribution in [2.45, 2.75) is 32.6 Å². The average molecular weight is 220 g/mol. The molecule has 2 heteroatoms. The van der Waals surface area contributed by atoms with Crippen molar-refractivity contribution in [3.8, 4) is 0 Å². The average Bonchev–Trinajstić information content (AvgIpc) is 2.31. The molecule has 1 rings (SSSR count). The summed E-state index contributed by atoms with van der Waals surface area (Å²) in [6, 6.07) is 9.89. The van der Waals surface area contributed by atoms with E-state index in [1.807, 2.05) is 37.3 Å². The highest BCUT2D eigenvalue weighted by atomic mass is 16.5. The van der Waals surface area contributed by atoms with Crippen LogP contribution in [-0.2, 0) is 14.9 Å². The number of benzene rings is 1. The standard InChI is InChI=1S/C14H20O2/c1-5-14(11(2)3,13(15)16-4)12-9-7-6-8-10-12/h6-11H,5H2,1-4H3. The fraction of sp³-hybridized carbons (Fsp3) is 0.500. The zero-order valence-corrected chi connectivity index (χ0v) is 10.5. The minimum atomic E-state index is -0.518. The maximum absolute atomic E-state index is 12.1. The Bertz CT molecular complexity index is 343. The Morgan fingerprint density at radius 3 is 2.25 bits per heavy atom. The van der Waals surface area contributed by atoms with E-state index in [0.717, 1.165) is 12.0 Å². The summed E-state index contributed by atoms with van der Waals surface area (Å²) in [6.07, 6.45) is 0.751. The molecule has 0 aromatic heterocycles. The SMILES string of the molecule is CCC(C(=O)OC)(c1ccccc1)C(C)C. The van der Waals surface area contributed by atoms with Gasteiger partial charge in [-0.2, -0.15) is 0 Å². The van der Waals surface area contributed by atoms with Crippen LogP contribution in [0.1, 0.15) is 32.8 Å². The summed E-state index contributed by atoms with van der Waals surface area (Å²) in [6.45, 7) is 6.16. The molecule has 0 amide bonds. The second-order valence-electron chi connectivity index (χ2n) is 4.34. The van der Waals surface area contributed by atoms with E-state index < -0.39 is 5.41 Å². The molecule has 0 fully saturated rings. The summed E-state index contributed by atoms with van der Waals surface area (Å²) in [4.78, 5) is 12.1. The summed E-state index contributed by atoms with van der Waals surface area (Å²) in [7, 11) is 1.46. The predicted octanol–water partition coefficient (Wildman–Crippen LogP) is 3.16. The van der Waals surface area contributed by atoms with E-state index in [0.29, 0.717) is 0 Å². The highest BCUT2D eigenvalue weighted by Crippen LogP contribution is 2.36. The van der Waals surface area contributed by atoms with Crippen LogP contribution >= 0.6 is 0 Å².